The normalized spacial score (nSPS) is 14.4. The summed E-state index contributed by atoms with van der Waals surface area (Å²) in [5.74, 6) is -1.85. The highest BCUT2D eigenvalue weighted by Gasteiger charge is 2.30. The maximum atomic E-state index is 12.6. The number of benzene rings is 2. The molecule has 2 aromatic rings. The van der Waals surface area contributed by atoms with Gasteiger partial charge in [-0.25, -0.2) is 9.59 Å². The van der Waals surface area contributed by atoms with Crippen LogP contribution in [0.5, 0.6) is 0 Å². The van der Waals surface area contributed by atoms with Crippen molar-refractivity contribution in [3.8, 4) is 11.1 Å². The highest BCUT2D eigenvalue weighted by atomic mass is 16.5. The molecular formula is C26H32N2O5. The van der Waals surface area contributed by atoms with E-state index >= 15 is 0 Å². The van der Waals surface area contributed by atoms with Crippen LogP contribution in [0.15, 0.2) is 48.5 Å². The topological polar surface area (TPSA) is 105 Å². The number of carbonyl (C=O) groups is 3. The zero-order chi connectivity index (χ0) is 24.1. The van der Waals surface area contributed by atoms with E-state index in [2.05, 4.69) is 34.9 Å². The minimum absolute atomic E-state index is 0.0294. The van der Waals surface area contributed by atoms with E-state index in [0.717, 1.165) is 22.3 Å². The molecule has 0 aromatic heterocycles. The van der Waals surface area contributed by atoms with Crippen LogP contribution < -0.4 is 10.6 Å². The van der Waals surface area contributed by atoms with Crippen LogP contribution in [-0.4, -0.2) is 41.8 Å². The average Bonchev–Trinajstić information content (AvgIpc) is 3.09. The van der Waals surface area contributed by atoms with Gasteiger partial charge in [0, 0.05) is 18.4 Å². The lowest BCUT2D eigenvalue weighted by Gasteiger charge is -2.24. The van der Waals surface area contributed by atoms with Crippen molar-refractivity contribution in [3.05, 3.63) is 59.7 Å². The molecule has 1 aliphatic carbocycles. The van der Waals surface area contributed by atoms with E-state index in [1.54, 1.807) is 13.8 Å². The largest absolute Gasteiger partial charge is 0.480 e. The van der Waals surface area contributed by atoms with Crippen LogP contribution in [0.4, 0.5) is 4.79 Å². The number of amides is 2. The van der Waals surface area contributed by atoms with Crippen LogP contribution in [0.2, 0.25) is 0 Å². The molecule has 0 radical (unpaired) electrons. The summed E-state index contributed by atoms with van der Waals surface area (Å²) in [4.78, 5) is 36.4. The fourth-order valence-corrected chi connectivity index (χ4v) is 4.19. The first-order valence-electron chi connectivity index (χ1n) is 11.3. The van der Waals surface area contributed by atoms with Crippen LogP contribution in [0.3, 0.4) is 0 Å². The minimum atomic E-state index is -1.08. The second kappa shape index (κ2) is 10.5. The molecule has 0 bridgehead atoms. The van der Waals surface area contributed by atoms with Gasteiger partial charge in [0.15, 0.2) is 0 Å². The number of carboxylic acids is 1. The zero-order valence-corrected chi connectivity index (χ0v) is 19.5. The molecule has 3 N–H and O–H groups in total. The van der Waals surface area contributed by atoms with E-state index < -0.39 is 30.1 Å². The molecule has 2 atom stereocenters. The first-order chi connectivity index (χ1) is 15.7. The van der Waals surface area contributed by atoms with Crippen LogP contribution in [0.25, 0.3) is 11.1 Å². The van der Waals surface area contributed by atoms with E-state index in [0.29, 0.717) is 0 Å². The summed E-state index contributed by atoms with van der Waals surface area (Å²) in [7, 11) is 0. The van der Waals surface area contributed by atoms with Crippen LogP contribution in [0, 0.1) is 11.8 Å². The van der Waals surface area contributed by atoms with Crippen molar-refractivity contribution >= 4 is 18.0 Å². The third-order valence-electron chi connectivity index (χ3n) is 6.11. The van der Waals surface area contributed by atoms with Gasteiger partial charge in [0.2, 0.25) is 5.91 Å². The molecule has 2 unspecified atom stereocenters. The standard InChI is InChI=1S/C26H32N2O5/c1-15(2)22(13-23(29)28-24(16(3)4)25(30)31)27-26(32)33-14-21-19-11-7-5-9-17(19)18-10-6-8-12-20(18)21/h5-12,15-16,21-22,24H,13-14H2,1-4H3,(H,27,32)(H,28,29)(H,30,31). The lowest BCUT2D eigenvalue weighted by atomic mass is 9.98. The number of fused-ring (bicyclic) bond motifs is 3. The Labute approximate surface area is 194 Å². The number of ether oxygens (including phenoxy) is 1. The van der Waals surface area contributed by atoms with Crippen molar-refractivity contribution in [1.29, 1.82) is 0 Å². The summed E-state index contributed by atoms with van der Waals surface area (Å²) in [6.45, 7) is 7.42. The van der Waals surface area contributed by atoms with Gasteiger partial charge in [0.25, 0.3) is 0 Å². The van der Waals surface area contributed by atoms with E-state index in [4.69, 9.17) is 4.74 Å². The molecule has 2 aromatic carbocycles. The summed E-state index contributed by atoms with van der Waals surface area (Å²) >= 11 is 0. The second-order valence-corrected chi connectivity index (χ2v) is 9.15. The highest BCUT2D eigenvalue weighted by molar-refractivity contribution is 5.84. The number of hydrogen-bond donors (Lipinski definition) is 3. The minimum Gasteiger partial charge on any atom is -0.480 e. The Balaban J connectivity index is 1.61. The molecule has 0 spiro atoms. The van der Waals surface area contributed by atoms with Crippen LogP contribution in [0.1, 0.15) is 51.2 Å². The summed E-state index contributed by atoms with van der Waals surface area (Å²) in [6, 6.07) is 14.7. The quantitative estimate of drug-likeness (QED) is 0.530. The number of carboxylic acid groups (broad SMARTS) is 1. The fourth-order valence-electron chi connectivity index (χ4n) is 4.19. The SMILES string of the molecule is CC(C)C(CC(=O)NC(C(=O)O)C(C)C)NC(=O)OCC1c2ccccc2-c2ccccc21. The van der Waals surface area contributed by atoms with Crippen molar-refractivity contribution in [2.75, 3.05) is 6.61 Å². The fraction of sp³-hybridized carbons (Fsp3) is 0.423. The monoisotopic (exact) mass is 452 g/mol. The lowest BCUT2D eigenvalue weighted by molar-refractivity contribution is -0.143. The first kappa shape index (κ1) is 24.3. The lowest BCUT2D eigenvalue weighted by Crippen LogP contribution is -2.48. The van der Waals surface area contributed by atoms with Gasteiger partial charge >= 0.3 is 12.1 Å². The van der Waals surface area contributed by atoms with E-state index in [9.17, 15) is 19.5 Å². The smallest absolute Gasteiger partial charge is 0.407 e. The highest BCUT2D eigenvalue weighted by Crippen LogP contribution is 2.44. The van der Waals surface area contributed by atoms with Crippen molar-refractivity contribution < 1.29 is 24.2 Å². The maximum absolute atomic E-state index is 12.6. The number of hydrogen-bond acceptors (Lipinski definition) is 4. The molecule has 0 saturated carbocycles. The Bertz CT molecular complexity index is 972. The predicted molar refractivity (Wildman–Crippen MR) is 126 cm³/mol. The van der Waals surface area contributed by atoms with Gasteiger partial charge in [0.1, 0.15) is 12.6 Å². The van der Waals surface area contributed by atoms with Crippen LogP contribution in [-0.2, 0) is 14.3 Å². The number of alkyl carbamates (subject to hydrolysis) is 1. The Morgan fingerprint density at radius 3 is 1.91 bits per heavy atom. The maximum Gasteiger partial charge on any atom is 0.407 e. The van der Waals surface area contributed by atoms with Crippen molar-refractivity contribution in [2.45, 2.75) is 52.1 Å². The van der Waals surface area contributed by atoms with Crippen molar-refractivity contribution in [2.24, 2.45) is 11.8 Å². The molecule has 7 heteroatoms. The molecule has 33 heavy (non-hydrogen) atoms. The number of nitrogens with one attached hydrogen (secondary N) is 2. The van der Waals surface area contributed by atoms with Gasteiger partial charge in [-0.05, 0) is 34.1 Å². The Kier molecular flexibility index (Phi) is 7.74. The van der Waals surface area contributed by atoms with Gasteiger partial charge in [-0.3, -0.25) is 4.79 Å². The Morgan fingerprint density at radius 2 is 1.42 bits per heavy atom. The van der Waals surface area contributed by atoms with Gasteiger partial charge in [0.05, 0.1) is 0 Å². The predicted octanol–water partition coefficient (Wildman–Crippen LogP) is 4.17. The molecule has 0 heterocycles. The average molecular weight is 453 g/mol. The summed E-state index contributed by atoms with van der Waals surface area (Å²) < 4.78 is 5.58. The number of rotatable bonds is 9. The molecule has 1 aliphatic rings. The van der Waals surface area contributed by atoms with Crippen molar-refractivity contribution in [1.82, 2.24) is 10.6 Å². The van der Waals surface area contributed by atoms with Crippen molar-refractivity contribution in [3.63, 3.8) is 0 Å². The number of carbonyl (C=O) groups excluding carboxylic acids is 2. The molecule has 7 nitrogen and oxygen atoms in total. The summed E-state index contributed by atoms with van der Waals surface area (Å²) in [5, 5.41) is 14.6. The van der Waals surface area contributed by atoms with Crippen LogP contribution >= 0.6 is 0 Å². The second-order valence-electron chi connectivity index (χ2n) is 9.15. The summed E-state index contributed by atoms with van der Waals surface area (Å²) in [5.41, 5.74) is 4.55. The molecular weight excluding hydrogens is 420 g/mol. The molecule has 0 fully saturated rings. The van der Waals surface area contributed by atoms with Gasteiger partial charge in [-0.2, -0.15) is 0 Å². The van der Waals surface area contributed by atoms with Gasteiger partial charge in [-0.1, -0.05) is 76.2 Å². The summed E-state index contributed by atoms with van der Waals surface area (Å²) in [6.07, 6.45) is -0.625. The third-order valence-corrected chi connectivity index (χ3v) is 6.11. The molecule has 2 amide bonds. The first-order valence-corrected chi connectivity index (χ1v) is 11.3. The van der Waals surface area contributed by atoms with E-state index in [-0.39, 0.29) is 30.8 Å². The molecule has 3 rings (SSSR count). The zero-order valence-electron chi connectivity index (χ0n) is 19.5. The Hall–Kier alpha value is -3.35. The van der Waals surface area contributed by atoms with Gasteiger partial charge in [-0.15, -0.1) is 0 Å². The van der Waals surface area contributed by atoms with E-state index in [1.165, 1.54) is 0 Å². The molecule has 0 saturated heterocycles. The number of aliphatic carboxylic acids is 1. The van der Waals surface area contributed by atoms with Gasteiger partial charge < -0.3 is 20.5 Å². The Morgan fingerprint density at radius 1 is 0.879 bits per heavy atom. The third kappa shape index (κ3) is 5.72. The molecule has 0 aliphatic heterocycles. The van der Waals surface area contributed by atoms with E-state index in [1.807, 2.05) is 38.1 Å². The molecule has 176 valence electrons.